The lowest BCUT2D eigenvalue weighted by molar-refractivity contribution is 0.0696. The Bertz CT molecular complexity index is 725. The number of carboxylic acid groups (broad SMARTS) is 1. The minimum absolute atomic E-state index is 0.130. The Hall–Kier alpha value is -2.82. The molecular weight excluding hydrogens is 294 g/mol. The molecule has 0 heterocycles. The molecule has 0 saturated carbocycles. The zero-order valence-corrected chi connectivity index (χ0v) is 13.1. The Morgan fingerprint density at radius 3 is 2.61 bits per heavy atom. The second kappa shape index (κ2) is 7.45. The van der Waals surface area contributed by atoms with Gasteiger partial charge in [-0.15, -0.1) is 0 Å². The number of carbonyl (C=O) groups is 2. The van der Waals surface area contributed by atoms with Gasteiger partial charge < -0.3 is 15.2 Å². The molecule has 2 aromatic rings. The smallest absolute Gasteiger partial charge is 0.335 e. The van der Waals surface area contributed by atoms with E-state index >= 15 is 0 Å². The van der Waals surface area contributed by atoms with Gasteiger partial charge in [0.05, 0.1) is 12.2 Å². The van der Waals surface area contributed by atoms with Crippen LogP contribution in [0.4, 0.5) is 5.69 Å². The van der Waals surface area contributed by atoms with Crippen molar-refractivity contribution in [3.05, 3.63) is 59.2 Å². The zero-order chi connectivity index (χ0) is 16.8. The molecule has 0 aliphatic carbocycles. The first-order valence-corrected chi connectivity index (χ1v) is 7.39. The summed E-state index contributed by atoms with van der Waals surface area (Å²) in [4.78, 5) is 23.4. The van der Waals surface area contributed by atoms with E-state index in [9.17, 15) is 9.59 Å². The van der Waals surface area contributed by atoms with E-state index in [2.05, 4.69) is 5.32 Å². The molecule has 0 saturated heterocycles. The third-order valence-electron chi connectivity index (χ3n) is 3.30. The molecule has 0 radical (unpaired) electrons. The predicted octanol–water partition coefficient (Wildman–Crippen LogP) is 3.73. The monoisotopic (exact) mass is 313 g/mol. The number of amides is 1. The molecule has 0 aliphatic heterocycles. The molecule has 2 rings (SSSR count). The summed E-state index contributed by atoms with van der Waals surface area (Å²) in [5, 5.41) is 11.8. The molecule has 5 nitrogen and oxygen atoms in total. The van der Waals surface area contributed by atoms with E-state index in [1.807, 2.05) is 13.8 Å². The molecule has 0 unspecified atom stereocenters. The highest BCUT2D eigenvalue weighted by molar-refractivity contribution is 6.05. The standard InChI is InChI=1S/C18H19NO4/c1-3-9-23-15-6-4-5-13(10-15)17(20)19-16-11-14(18(21)22)8-7-12(16)2/h4-8,10-11H,3,9H2,1-2H3,(H,19,20)(H,21,22). The lowest BCUT2D eigenvalue weighted by Crippen LogP contribution is -2.13. The Balaban J connectivity index is 2.19. The molecule has 0 aliphatic rings. The Labute approximate surface area is 134 Å². The number of ether oxygens (including phenoxy) is 1. The fourth-order valence-corrected chi connectivity index (χ4v) is 2.03. The number of hydrogen-bond acceptors (Lipinski definition) is 3. The number of aromatic carboxylic acids is 1. The number of hydrogen-bond donors (Lipinski definition) is 2. The highest BCUT2D eigenvalue weighted by Crippen LogP contribution is 2.19. The topological polar surface area (TPSA) is 75.6 Å². The van der Waals surface area contributed by atoms with Crippen molar-refractivity contribution in [1.82, 2.24) is 0 Å². The maximum absolute atomic E-state index is 12.4. The van der Waals surface area contributed by atoms with E-state index in [0.717, 1.165) is 12.0 Å². The van der Waals surface area contributed by atoms with E-state index in [1.54, 1.807) is 30.3 Å². The summed E-state index contributed by atoms with van der Waals surface area (Å²) < 4.78 is 5.51. The molecule has 0 bridgehead atoms. The van der Waals surface area contributed by atoms with Gasteiger partial charge in [-0.2, -0.15) is 0 Å². The van der Waals surface area contributed by atoms with Crippen LogP contribution in [0.1, 0.15) is 39.6 Å². The van der Waals surface area contributed by atoms with Gasteiger partial charge in [0.25, 0.3) is 5.91 Å². The van der Waals surface area contributed by atoms with Crippen LogP contribution in [0.3, 0.4) is 0 Å². The van der Waals surface area contributed by atoms with E-state index in [-0.39, 0.29) is 11.5 Å². The van der Waals surface area contributed by atoms with Crippen LogP contribution in [-0.2, 0) is 0 Å². The Morgan fingerprint density at radius 1 is 1.13 bits per heavy atom. The van der Waals surface area contributed by atoms with Gasteiger partial charge in [-0.25, -0.2) is 4.79 Å². The summed E-state index contributed by atoms with van der Waals surface area (Å²) in [5.41, 5.74) is 1.86. The van der Waals surface area contributed by atoms with Crippen molar-refractivity contribution in [2.24, 2.45) is 0 Å². The van der Waals surface area contributed by atoms with E-state index in [1.165, 1.54) is 12.1 Å². The van der Waals surface area contributed by atoms with Crippen molar-refractivity contribution in [2.75, 3.05) is 11.9 Å². The average molecular weight is 313 g/mol. The summed E-state index contributed by atoms with van der Waals surface area (Å²) >= 11 is 0. The predicted molar refractivity (Wildman–Crippen MR) is 88.3 cm³/mol. The van der Waals surface area contributed by atoms with Crippen LogP contribution in [0.15, 0.2) is 42.5 Å². The molecule has 0 atom stereocenters. The second-order valence-corrected chi connectivity index (χ2v) is 5.17. The Morgan fingerprint density at radius 2 is 1.91 bits per heavy atom. The summed E-state index contributed by atoms with van der Waals surface area (Å²) in [7, 11) is 0. The van der Waals surface area contributed by atoms with E-state index < -0.39 is 5.97 Å². The average Bonchev–Trinajstić information content (AvgIpc) is 2.55. The van der Waals surface area contributed by atoms with Gasteiger partial charge in [-0.05, 0) is 49.2 Å². The number of benzene rings is 2. The van der Waals surface area contributed by atoms with Crippen LogP contribution in [0.25, 0.3) is 0 Å². The molecule has 1 amide bonds. The number of anilines is 1. The van der Waals surface area contributed by atoms with Gasteiger partial charge in [0.15, 0.2) is 0 Å². The molecular formula is C18H19NO4. The van der Waals surface area contributed by atoms with Gasteiger partial charge in [-0.3, -0.25) is 4.79 Å². The van der Waals surface area contributed by atoms with Crippen LogP contribution in [0.2, 0.25) is 0 Å². The van der Waals surface area contributed by atoms with E-state index in [0.29, 0.717) is 23.6 Å². The van der Waals surface area contributed by atoms with Crippen molar-refractivity contribution in [1.29, 1.82) is 0 Å². The third kappa shape index (κ3) is 4.32. The third-order valence-corrected chi connectivity index (χ3v) is 3.30. The van der Waals surface area contributed by atoms with E-state index in [4.69, 9.17) is 9.84 Å². The van der Waals surface area contributed by atoms with Gasteiger partial charge in [-0.1, -0.05) is 19.1 Å². The molecule has 5 heteroatoms. The minimum Gasteiger partial charge on any atom is -0.494 e. The quantitative estimate of drug-likeness (QED) is 0.852. The van der Waals surface area contributed by atoms with Crippen molar-refractivity contribution < 1.29 is 19.4 Å². The Kier molecular flexibility index (Phi) is 5.36. The molecule has 0 spiro atoms. The lowest BCUT2D eigenvalue weighted by atomic mass is 10.1. The van der Waals surface area contributed by atoms with Crippen LogP contribution in [-0.4, -0.2) is 23.6 Å². The number of carboxylic acids is 1. The van der Waals surface area contributed by atoms with Crippen LogP contribution < -0.4 is 10.1 Å². The van der Waals surface area contributed by atoms with Gasteiger partial charge >= 0.3 is 5.97 Å². The fourth-order valence-electron chi connectivity index (χ4n) is 2.03. The van der Waals surface area contributed by atoms with Crippen molar-refractivity contribution in [2.45, 2.75) is 20.3 Å². The highest BCUT2D eigenvalue weighted by atomic mass is 16.5. The molecule has 2 N–H and O–H groups in total. The van der Waals surface area contributed by atoms with Crippen molar-refractivity contribution >= 4 is 17.6 Å². The van der Waals surface area contributed by atoms with Crippen molar-refractivity contribution in [3.63, 3.8) is 0 Å². The van der Waals surface area contributed by atoms with Gasteiger partial charge in [0.1, 0.15) is 5.75 Å². The number of rotatable bonds is 6. The van der Waals surface area contributed by atoms with Crippen LogP contribution >= 0.6 is 0 Å². The summed E-state index contributed by atoms with van der Waals surface area (Å²) in [6, 6.07) is 11.5. The first kappa shape index (κ1) is 16.5. The van der Waals surface area contributed by atoms with Gasteiger partial charge in [0.2, 0.25) is 0 Å². The molecule has 23 heavy (non-hydrogen) atoms. The molecule has 0 fully saturated rings. The summed E-state index contributed by atoms with van der Waals surface area (Å²) in [5.74, 6) is -0.705. The van der Waals surface area contributed by atoms with Crippen LogP contribution in [0.5, 0.6) is 5.75 Å². The number of aryl methyl sites for hydroxylation is 1. The summed E-state index contributed by atoms with van der Waals surface area (Å²) in [6.07, 6.45) is 0.887. The fraction of sp³-hybridized carbons (Fsp3) is 0.222. The lowest BCUT2D eigenvalue weighted by Gasteiger charge is -2.10. The number of carbonyl (C=O) groups excluding carboxylic acids is 1. The molecule has 120 valence electrons. The SMILES string of the molecule is CCCOc1cccc(C(=O)Nc2cc(C(=O)O)ccc2C)c1. The first-order chi connectivity index (χ1) is 11.0. The summed E-state index contributed by atoms with van der Waals surface area (Å²) in [6.45, 7) is 4.40. The normalized spacial score (nSPS) is 10.2. The zero-order valence-electron chi connectivity index (χ0n) is 13.1. The minimum atomic E-state index is -1.03. The maximum atomic E-state index is 12.4. The largest absolute Gasteiger partial charge is 0.494 e. The molecule has 2 aromatic carbocycles. The van der Waals surface area contributed by atoms with Crippen LogP contribution in [0, 0.1) is 6.92 Å². The van der Waals surface area contributed by atoms with Gasteiger partial charge in [0, 0.05) is 11.3 Å². The maximum Gasteiger partial charge on any atom is 0.335 e. The van der Waals surface area contributed by atoms with Crippen molar-refractivity contribution in [3.8, 4) is 5.75 Å². The first-order valence-electron chi connectivity index (χ1n) is 7.39. The highest BCUT2D eigenvalue weighted by Gasteiger charge is 2.11. The second-order valence-electron chi connectivity index (χ2n) is 5.17. The molecule has 0 aromatic heterocycles. The number of nitrogens with one attached hydrogen (secondary N) is 1.